The van der Waals surface area contributed by atoms with E-state index in [1.807, 2.05) is 0 Å². The number of hydrogen-bond acceptors (Lipinski definition) is 6. The van der Waals surface area contributed by atoms with Crippen LogP contribution in [0.2, 0.25) is 0 Å². The zero-order chi connectivity index (χ0) is 21.6. The lowest BCUT2D eigenvalue weighted by Gasteiger charge is -2.02. The highest BCUT2D eigenvalue weighted by Gasteiger charge is 2.05. The fraction of sp³-hybridized carbons (Fsp3) is 0.417. The first-order valence-corrected chi connectivity index (χ1v) is 10.7. The van der Waals surface area contributed by atoms with E-state index in [1.165, 1.54) is 32.1 Å². The Kier molecular flexibility index (Phi) is 10.3. The molecule has 0 aliphatic carbocycles. The minimum atomic E-state index is -0.357. The molecule has 6 nitrogen and oxygen atoms in total. The Morgan fingerprint density at radius 1 is 0.933 bits per heavy atom. The molecule has 1 N–H and O–H groups in total. The molecule has 2 rings (SSSR count). The molecular formula is C24H31N3O3. The summed E-state index contributed by atoms with van der Waals surface area (Å²) >= 11 is 0. The van der Waals surface area contributed by atoms with E-state index < -0.39 is 0 Å². The number of rotatable bonds is 12. The number of azo groups is 1. The van der Waals surface area contributed by atoms with Crippen LogP contribution in [-0.2, 0) is 4.74 Å². The third-order valence-electron chi connectivity index (χ3n) is 4.54. The molecule has 2 aromatic carbocycles. The molecule has 0 saturated heterocycles. The van der Waals surface area contributed by atoms with Crippen molar-refractivity contribution < 1.29 is 14.6 Å². The number of carbonyl (C=O) groups is 1. The number of carbonyl (C=O) groups excluding carboxylic acids is 1. The predicted molar refractivity (Wildman–Crippen MR) is 121 cm³/mol. The lowest BCUT2D eigenvalue weighted by Crippen LogP contribution is -2.03. The normalized spacial score (nSPS) is 11.4. The molecule has 0 amide bonds. The Balaban J connectivity index is 1.91. The van der Waals surface area contributed by atoms with Gasteiger partial charge in [0.1, 0.15) is 5.75 Å². The van der Waals surface area contributed by atoms with Crippen molar-refractivity contribution in [3.8, 4) is 5.75 Å². The largest absolute Gasteiger partial charge is 0.507 e. The van der Waals surface area contributed by atoms with Crippen LogP contribution in [0.15, 0.2) is 57.7 Å². The number of phenolic OH excluding ortho intramolecular Hbond substituents is 1. The van der Waals surface area contributed by atoms with Gasteiger partial charge in [-0.05, 0) is 55.8 Å². The lowest BCUT2D eigenvalue weighted by atomic mass is 10.1. The molecule has 0 unspecified atom stereocenters. The molecule has 0 aromatic heterocycles. The maximum atomic E-state index is 11.7. The first-order chi connectivity index (χ1) is 14.6. The van der Waals surface area contributed by atoms with Gasteiger partial charge in [-0.1, -0.05) is 39.0 Å². The third kappa shape index (κ3) is 8.15. The van der Waals surface area contributed by atoms with Gasteiger partial charge in [-0.2, -0.15) is 10.2 Å². The molecule has 0 aliphatic rings. The molecule has 0 aliphatic heterocycles. The lowest BCUT2D eigenvalue weighted by molar-refractivity contribution is 0.0526. The highest BCUT2D eigenvalue weighted by atomic mass is 16.5. The van der Waals surface area contributed by atoms with Crippen LogP contribution in [0.4, 0.5) is 11.4 Å². The Bertz CT molecular complexity index is 845. The van der Waals surface area contributed by atoms with Crippen LogP contribution < -0.4 is 0 Å². The number of aliphatic imine (C=N–C) groups is 1. The second-order valence-electron chi connectivity index (χ2n) is 7.01. The summed E-state index contributed by atoms with van der Waals surface area (Å²) in [6.45, 7) is 5.08. The van der Waals surface area contributed by atoms with E-state index in [9.17, 15) is 9.90 Å². The van der Waals surface area contributed by atoms with Crippen molar-refractivity contribution in [1.82, 2.24) is 0 Å². The van der Waals surface area contributed by atoms with Gasteiger partial charge in [-0.25, -0.2) is 4.79 Å². The first-order valence-electron chi connectivity index (χ1n) is 10.7. The summed E-state index contributed by atoms with van der Waals surface area (Å²) in [5.74, 6) is -0.191. The van der Waals surface area contributed by atoms with E-state index in [4.69, 9.17) is 4.74 Å². The highest BCUT2D eigenvalue weighted by Crippen LogP contribution is 2.24. The number of hydrogen-bond donors (Lipinski definition) is 1. The van der Waals surface area contributed by atoms with Crippen LogP contribution in [0.1, 0.15) is 68.3 Å². The van der Waals surface area contributed by atoms with Crippen LogP contribution >= 0.6 is 0 Å². The van der Waals surface area contributed by atoms with Gasteiger partial charge >= 0.3 is 5.97 Å². The summed E-state index contributed by atoms with van der Waals surface area (Å²) in [4.78, 5) is 16.1. The molecular weight excluding hydrogens is 378 g/mol. The summed E-state index contributed by atoms with van der Waals surface area (Å²) in [5.41, 5.74) is 2.33. The number of ether oxygens (including phenoxy) is 1. The Labute approximate surface area is 178 Å². The molecule has 160 valence electrons. The van der Waals surface area contributed by atoms with E-state index in [1.54, 1.807) is 55.6 Å². The predicted octanol–water partition coefficient (Wildman–Crippen LogP) is 6.76. The molecule has 0 bridgehead atoms. The number of nitrogens with zero attached hydrogens (tertiary/aromatic N) is 3. The smallest absolute Gasteiger partial charge is 0.338 e. The minimum Gasteiger partial charge on any atom is -0.507 e. The second kappa shape index (κ2) is 13.2. The molecule has 0 saturated carbocycles. The number of phenols is 1. The Morgan fingerprint density at radius 3 is 2.33 bits per heavy atom. The Hall–Kier alpha value is -3.02. The molecule has 0 fully saturated rings. The van der Waals surface area contributed by atoms with Crippen LogP contribution in [0.25, 0.3) is 0 Å². The fourth-order valence-corrected chi connectivity index (χ4v) is 2.85. The van der Waals surface area contributed by atoms with E-state index >= 15 is 0 Å². The SMILES string of the molecule is CCCCCCCCN=Cc1cc(N=Nc2ccc(C(=O)OCC)cc2)ccc1O. The summed E-state index contributed by atoms with van der Waals surface area (Å²) in [7, 11) is 0. The maximum absolute atomic E-state index is 11.7. The van der Waals surface area contributed by atoms with E-state index in [0.29, 0.717) is 29.1 Å². The van der Waals surface area contributed by atoms with Crippen molar-refractivity contribution in [2.24, 2.45) is 15.2 Å². The fourth-order valence-electron chi connectivity index (χ4n) is 2.85. The Morgan fingerprint density at radius 2 is 1.60 bits per heavy atom. The monoisotopic (exact) mass is 409 g/mol. The van der Waals surface area contributed by atoms with Crippen molar-refractivity contribution in [2.75, 3.05) is 13.2 Å². The van der Waals surface area contributed by atoms with Crippen molar-refractivity contribution in [3.63, 3.8) is 0 Å². The number of esters is 1. The van der Waals surface area contributed by atoms with E-state index in [0.717, 1.165) is 13.0 Å². The number of benzene rings is 2. The average Bonchev–Trinajstić information content (AvgIpc) is 2.76. The van der Waals surface area contributed by atoms with Gasteiger partial charge < -0.3 is 9.84 Å². The standard InChI is InChI=1S/C24H31N3O3/c1-3-5-6-7-8-9-16-25-18-20-17-22(14-15-23(20)28)27-26-21-12-10-19(11-13-21)24(29)30-4-2/h10-15,17-18,28H,3-9,16H2,1-2H3. The quantitative estimate of drug-likeness (QED) is 0.182. The molecule has 0 spiro atoms. The van der Waals surface area contributed by atoms with Gasteiger partial charge in [0.15, 0.2) is 0 Å². The summed E-state index contributed by atoms with van der Waals surface area (Å²) in [5, 5.41) is 18.4. The van der Waals surface area contributed by atoms with Crippen LogP contribution in [-0.4, -0.2) is 30.4 Å². The van der Waals surface area contributed by atoms with Gasteiger partial charge in [0.25, 0.3) is 0 Å². The zero-order valence-electron chi connectivity index (χ0n) is 17.9. The van der Waals surface area contributed by atoms with Crippen molar-refractivity contribution in [2.45, 2.75) is 52.4 Å². The third-order valence-corrected chi connectivity index (χ3v) is 4.54. The minimum absolute atomic E-state index is 0.166. The topological polar surface area (TPSA) is 83.6 Å². The highest BCUT2D eigenvalue weighted by molar-refractivity contribution is 5.89. The van der Waals surface area contributed by atoms with Crippen LogP contribution in [0.3, 0.4) is 0 Å². The second-order valence-corrected chi connectivity index (χ2v) is 7.01. The summed E-state index contributed by atoms with van der Waals surface area (Å²) in [6.07, 6.45) is 9.03. The van der Waals surface area contributed by atoms with Gasteiger partial charge in [0.2, 0.25) is 0 Å². The van der Waals surface area contributed by atoms with Gasteiger partial charge in [0.05, 0.1) is 23.5 Å². The first kappa shape index (κ1) is 23.3. The summed E-state index contributed by atoms with van der Waals surface area (Å²) < 4.78 is 4.96. The van der Waals surface area contributed by atoms with Gasteiger partial charge in [-0.3, -0.25) is 4.99 Å². The number of aromatic hydroxyl groups is 1. The van der Waals surface area contributed by atoms with Gasteiger partial charge in [0, 0.05) is 18.3 Å². The van der Waals surface area contributed by atoms with Crippen LogP contribution in [0, 0.1) is 0 Å². The molecule has 6 heteroatoms. The van der Waals surface area contributed by atoms with Crippen molar-refractivity contribution >= 4 is 23.6 Å². The molecule has 0 atom stereocenters. The van der Waals surface area contributed by atoms with Gasteiger partial charge in [-0.15, -0.1) is 0 Å². The maximum Gasteiger partial charge on any atom is 0.338 e. The van der Waals surface area contributed by atoms with E-state index in [-0.39, 0.29) is 11.7 Å². The molecule has 2 aromatic rings. The van der Waals surface area contributed by atoms with Crippen molar-refractivity contribution in [3.05, 3.63) is 53.6 Å². The van der Waals surface area contributed by atoms with Crippen molar-refractivity contribution in [1.29, 1.82) is 0 Å². The van der Waals surface area contributed by atoms with E-state index in [2.05, 4.69) is 22.1 Å². The molecule has 0 heterocycles. The van der Waals surface area contributed by atoms with Crippen LogP contribution in [0.5, 0.6) is 5.75 Å². The number of unbranched alkanes of at least 4 members (excludes halogenated alkanes) is 5. The summed E-state index contributed by atoms with van der Waals surface area (Å²) in [6, 6.07) is 11.8. The molecule has 30 heavy (non-hydrogen) atoms. The zero-order valence-corrected chi connectivity index (χ0v) is 17.9. The molecule has 0 radical (unpaired) electrons. The average molecular weight is 410 g/mol.